The second-order valence-electron chi connectivity index (χ2n) is 8.60. The molecule has 0 aromatic heterocycles. The molecule has 2 aliphatic rings. The SMILES string of the molecule is C[N+](C)(C)CC1(N2CC[N+](C)(C)CC2)CCCCC1. The molecule has 0 aromatic rings. The number of quaternary nitrogens is 2. The molecule has 0 aromatic carbocycles. The molecule has 0 amide bonds. The predicted molar refractivity (Wildman–Crippen MR) is 82.1 cm³/mol. The monoisotopic (exact) mass is 269 g/mol. The molecule has 0 unspecified atom stereocenters. The zero-order valence-corrected chi connectivity index (χ0v) is 13.9. The van der Waals surface area contributed by atoms with E-state index < -0.39 is 0 Å². The standard InChI is InChI=1S/C16H35N3/c1-18(2,3)15-16(9-7-6-8-10-16)17-11-13-19(4,5)14-12-17/h6-15H2,1-5H3/q+2. The quantitative estimate of drug-likeness (QED) is 0.706. The number of rotatable bonds is 3. The fourth-order valence-electron chi connectivity index (χ4n) is 4.15. The summed E-state index contributed by atoms with van der Waals surface area (Å²) < 4.78 is 2.31. The summed E-state index contributed by atoms with van der Waals surface area (Å²) in [5.74, 6) is 0. The van der Waals surface area contributed by atoms with Gasteiger partial charge in [-0.2, -0.15) is 0 Å². The zero-order valence-electron chi connectivity index (χ0n) is 13.9. The zero-order chi connectivity index (χ0) is 14.1. The third-order valence-corrected chi connectivity index (χ3v) is 5.17. The van der Waals surface area contributed by atoms with Crippen LogP contribution in [0.2, 0.25) is 0 Å². The van der Waals surface area contributed by atoms with Gasteiger partial charge in [-0.15, -0.1) is 0 Å². The van der Waals surface area contributed by atoms with Crippen molar-refractivity contribution >= 4 is 0 Å². The van der Waals surface area contributed by atoms with Gasteiger partial charge < -0.3 is 8.97 Å². The van der Waals surface area contributed by atoms with E-state index in [1.54, 1.807) is 0 Å². The van der Waals surface area contributed by atoms with E-state index in [1.165, 1.54) is 69.3 Å². The van der Waals surface area contributed by atoms with E-state index in [0.29, 0.717) is 5.54 Å². The van der Waals surface area contributed by atoms with E-state index in [2.05, 4.69) is 40.1 Å². The van der Waals surface area contributed by atoms with E-state index in [0.717, 1.165) is 4.48 Å². The number of hydrogen-bond donors (Lipinski definition) is 0. The lowest BCUT2D eigenvalue weighted by molar-refractivity contribution is -0.897. The first-order chi connectivity index (χ1) is 8.73. The van der Waals surface area contributed by atoms with Gasteiger partial charge in [0.1, 0.15) is 0 Å². The molecule has 0 N–H and O–H groups in total. The summed E-state index contributed by atoms with van der Waals surface area (Å²) in [6, 6.07) is 0. The number of piperazine rings is 1. The second-order valence-corrected chi connectivity index (χ2v) is 8.60. The van der Waals surface area contributed by atoms with Gasteiger partial charge in [0.25, 0.3) is 0 Å². The highest BCUT2D eigenvalue weighted by atomic mass is 15.4. The second kappa shape index (κ2) is 5.34. The van der Waals surface area contributed by atoms with Gasteiger partial charge in [0.15, 0.2) is 0 Å². The van der Waals surface area contributed by atoms with Crippen molar-refractivity contribution in [1.29, 1.82) is 0 Å². The van der Waals surface area contributed by atoms with E-state index >= 15 is 0 Å². The van der Waals surface area contributed by atoms with Crippen LogP contribution < -0.4 is 0 Å². The van der Waals surface area contributed by atoms with Crippen molar-refractivity contribution in [2.24, 2.45) is 0 Å². The largest absolute Gasteiger partial charge is 0.329 e. The van der Waals surface area contributed by atoms with E-state index in [9.17, 15) is 0 Å². The molecule has 112 valence electrons. The van der Waals surface area contributed by atoms with Gasteiger partial charge in [-0.3, -0.25) is 4.90 Å². The molecular weight excluding hydrogens is 234 g/mol. The Morgan fingerprint density at radius 2 is 1.47 bits per heavy atom. The molecule has 19 heavy (non-hydrogen) atoms. The lowest BCUT2D eigenvalue weighted by atomic mass is 9.79. The van der Waals surface area contributed by atoms with Crippen LogP contribution in [0.1, 0.15) is 32.1 Å². The first kappa shape index (κ1) is 15.3. The third kappa shape index (κ3) is 3.93. The Morgan fingerprint density at radius 1 is 0.947 bits per heavy atom. The molecule has 1 aliphatic carbocycles. The summed E-state index contributed by atoms with van der Waals surface area (Å²) in [5.41, 5.74) is 0.497. The molecule has 0 atom stereocenters. The van der Waals surface area contributed by atoms with Crippen LogP contribution in [-0.4, -0.2) is 87.4 Å². The predicted octanol–water partition coefficient (Wildman–Crippen LogP) is 1.79. The lowest BCUT2D eigenvalue weighted by Gasteiger charge is -2.52. The van der Waals surface area contributed by atoms with Gasteiger partial charge >= 0.3 is 0 Å². The van der Waals surface area contributed by atoms with Gasteiger partial charge in [0.2, 0.25) is 0 Å². The third-order valence-electron chi connectivity index (χ3n) is 5.17. The van der Waals surface area contributed by atoms with Crippen molar-refractivity contribution in [3.63, 3.8) is 0 Å². The fourth-order valence-corrected chi connectivity index (χ4v) is 4.15. The minimum Gasteiger partial charge on any atom is -0.329 e. The molecule has 3 heteroatoms. The normalized spacial score (nSPS) is 28.3. The van der Waals surface area contributed by atoms with Crippen LogP contribution in [-0.2, 0) is 0 Å². The average Bonchev–Trinajstić information content (AvgIpc) is 2.27. The van der Waals surface area contributed by atoms with E-state index in [-0.39, 0.29) is 0 Å². The fraction of sp³-hybridized carbons (Fsp3) is 1.00. The Hall–Kier alpha value is -0.120. The maximum absolute atomic E-state index is 2.86. The van der Waals surface area contributed by atoms with Crippen LogP contribution in [0.5, 0.6) is 0 Å². The summed E-state index contributed by atoms with van der Waals surface area (Å²) in [6.07, 6.45) is 7.18. The van der Waals surface area contributed by atoms with Crippen LogP contribution in [0.3, 0.4) is 0 Å². The first-order valence-corrected chi connectivity index (χ1v) is 8.10. The van der Waals surface area contributed by atoms with Gasteiger partial charge in [0.05, 0.1) is 60.4 Å². The summed E-state index contributed by atoms with van der Waals surface area (Å²) in [7, 11) is 11.8. The number of hydrogen-bond acceptors (Lipinski definition) is 1. The van der Waals surface area contributed by atoms with Crippen LogP contribution >= 0.6 is 0 Å². The summed E-state index contributed by atoms with van der Waals surface area (Å²) in [6.45, 7) is 6.55. The molecule has 1 aliphatic heterocycles. The smallest absolute Gasteiger partial charge is 0.0967 e. The van der Waals surface area contributed by atoms with Crippen molar-refractivity contribution in [3.8, 4) is 0 Å². The average molecular weight is 269 g/mol. The molecule has 0 bridgehead atoms. The maximum Gasteiger partial charge on any atom is 0.0967 e. The molecule has 1 saturated carbocycles. The maximum atomic E-state index is 2.86. The molecule has 2 fully saturated rings. The van der Waals surface area contributed by atoms with E-state index in [1.807, 2.05) is 0 Å². The van der Waals surface area contributed by atoms with Crippen molar-refractivity contribution in [2.45, 2.75) is 37.6 Å². The highest BCUT2D eigenvalue weighted by Crippen LogP contribution is 2.36. The summed E-state index contributed by atoms with van der Waals surface area (Å²) in [4.78, 5) is 2.86. The van der Waals surface area contributed by atoms with Crippen LogP contribution in [0.4, 0.5) is 0 Å². The van der Waals surface area contributed by atoms with E-state index in [4.69, 9.17) is 0 Å². The number of likely N-dealkylation sites (N-methyl/N-ethyl adjacent to an activating group) is 2. The first-order valence-electron chi connectivity index (χ1n) is 8.10. The Balaban J connectivity index is 2.09. The lowest BCUT2D eigenvalue weighted by Crippen LogP contribution is -2.66. The summed E-state index contributed by atoms with van der Waals surface area (Å²) in [5, 5.41) is 0. The Kier molecular flexibility index (Phi) is 4.29. The van der Waals surface area contributed by atoms with Crippen LogP contribution in [0.15, 0.2) is 0 Å². The molecule has 3 nitrogen and oxygen atoms in total. The van der Waals surface area contributed by atoms with Crippen molar-refractivity contribution in [1.82, 2.24) is 4.90 Å². The minimum atomic E-state index is 0.497. The molecular formula is C16H35N3+2. The van der Waals surface area contributed by atoms with Crippen LogP contribution in [0.25, 0.3) is 0 Å². The molecule has 1 saturated heterocycles. The van der Waals surface area contributed by atoms with Gasteiger partial charge in [-0.05, 0) is 12.8 Å². The molecule has 1 heterocycles. The Bertz CT molecular complexity index is 288. The van der Waals surface area contributed by atoms with Crippen molar-refractivity contribution in [3.05, 3.63) is 0 Å². The summed E-state index contributed by atoms with van der Waals surface area (Å²) >= 11 is 0. The van der Waals surface area contributed by atoms with Crippen molar-refractivity contribution in [2.75, 3.05) is 68.0 Å². The minimum absolute atomic E-state index is 0.497. The molecule has 2 rings (SSSR count). The molecule has 0 spiro atoms. The number of nitrogens with zero attached hydrogens (tertiary/aromatic N) is 3. The topological polar surface area (TPSA) is 3.24 Å². The van der Waals surface area contributed by atoms with Crippen LogP contribution in [0, 0.1) is 0 Å². The van der Waals surface area contributed by atoms with Gasteiger partial charge in [-0.1, -0.05) is 19.3 Å². The Morgan fingerprint density at radius 3 is 1.95 bits per heavy atom. The van der Waals surface area contributed by atoms with Crippen molar-refractivity contribution < 1.29 is 8.97 Å². The highest BCUT2D eigenvalue weighted by molar-refractivity contribution is 4.94. The highest BCUT2D eigenvalue weighted by Gasteiger charge is 2.44. The molecule has 0 radical (unpaired) electrons. The van der Waals surface area contributed by atoms with Gasteiger partial charge in [0, 0.05) is 13.1 Å². The van der Waals surface area contributed by atoms with Gasteiger partial charge in [-0.25, -0.2) is 0 Å². The Labute approximate surface area is 120 Å².